The van der Waals surface area contributed by atoms with E-state index in [1.807, 2.05) is 20.8 Å². The molecule has 0 saturated carbocycles. The first kappa shape index (κ1) is 24.0. The van der Waals surface area contributed by atoms with Crippen molar-refractivity contribution in [3.05, 3.63) is 47.4 Å². The molecule has 1 aromatic heterocycles. The van der Waals surface area contributed by atoms with Crippen LogP contribution in [0.2, 0.25) is 0 Å². The molecular weight excluding hydrogens is 409 g/mol. The molecule has 1 saturated heterocycles. The number of hydrogen-bond donors (Lipinski definition) is 2. The highest BCUT2D eigenvalue weighted by molar-refractivity contribution is 5.79. The van der Waals surface area contributed by atoms with Gasteiger partial charge in [-0.1, -0.05) is 19.1 Å². The first-order valence-electron chi connectivity index (χ1n) is 11.5. The summed E-state index contributed by atoms with van der Waals surface area (Å²) in [6.45, 7) is 10.2. The van der Waals surface area contributed by atoms with Gasteiger partial charge in [-0.2, -0.15) is 0 Å². The summed E-state index contributed by atoms with van der Waals surface area (Å²) in [5, 5.41) is 6.74. The van der Waals surface area contributed by atoms with Crippen molar-refractivity contribution in [1.82, 2.24) is 20.5 Å². The molecule has 3 rings (SSSR count). The molecule has 1 fully saturated rings. The number of nitrogens with zero attached hydrogens (tertiary/aromatic N) is 3. The molecule has 176 valence electrons. The van der Waals surface area contributed by atoms with Gasteiger partial charge in [0.25, 0.3) is 0 Å². The second-order valence-corrected chi connectivity index (χ2v) is 8.38. The summed E-state index contributed by atoms with van der Waals surface area (Å²) < 4.78 is 25.4. The van der Waals surface area contributed by atoms with Gasteiger partial charge in [-0.15, -0.1) is 0 Å². The van der Waals surface area contributed by atoms with E-state index in [1.54, 1.807) is 25.2 Å². The lowest BCUT2D eigenvalue weighted by atomic mass is 9.97. The Balaban J connectivity index is 1.37. The van der Waals surface area contributed by atoms with Gasteiger partial charge in [0.05, 0.1) is 18.8 Å². The summed E-state index contributed by atoms with van der Waals surface area (Å²) in [7, 11) is 1.76. The Kier molecular flexibility index (Phi) is 8.90. The molecule has 1 atom stereocenters. The van der Waals surface area contributed by atoms with Crippen molar-refractivity contribution in [2.24, 2.45) is 10.9 Å². The minimum atomic E-state index is -0.340. The molecule has 2 N–H and O–H groups in total. The fourth-order valence-electron chi connectivity index (χ4n) is 3.81. The maximum Gasteiger partial charge on any atom is 0.208 e. The Hall–Kier alpha value is -2.61. The van der Waals surface area contributed by atoms with Crippen molar-refractivity contribution >= 4 is 5.96 Å². The number of para-hydroxylation sites is 1. The molecule has 1 aliphatic rings. The number of benzene rings is 1. The lowest BCUT2D eigenvalue weighted by Gasteiger charge is -2.31. The number of halogens is 1. The fraction of sp³-hybridized carbons (Fsp3) is 0.583. The third kappa shape index (κ3) is 6.95. The first-order valence-corrected chi connectivity index (χ1v) is 11.5. The van der Waals surface area contributed by atoms with E-state index in [0.29, 0.717) is 12.5 Å². The highest BCUT2D eigenvalue weighted by Gasteiger charge is 2.21. The lowest BCUT2D eigenvalue weighted by molar-refractivity contribution is 0.164. The van der Waals surface area contributed by atoms with Crippen LogP contribution in [0.15, 0.2) is 33.7 Å². The Labute approximate surface area is 190 Å². The van der Waals surface area contributed by atoms with Crippen LogP contribution in [0.1, 0.15) is 43.5 Å². The van der Waals surface area contributed by atoms with E-state index in [9.17, 15) is 4.39 Å². The van der Waals surface area contributed by atoms with Gasteiger partial charge < -0.3 is 19.8 Å². The zero-order valence-electron chi connectivity index (χ0n) is 19.7. The summed E-state index contributed by atoms with van der Waals surface area (Å²) in [5.41, 5.74) is 0.975. The topological polar surface area (TPSA) is 74.9 Å². The average Bonchev–Trinajstić information content (AvgIpc) is 3.11. The van der Waals surface area contributed by atoms with Gasteiger partial charge in [-0.3, -0.25) is 9.89 Å². The number of aromatic nitrogens is 1. The van der Waals surface area contributed by atoms with Crippen LogP contribution in [0.3, 0.4) is 0 Å². The number of rotatable bonds is 9. The summed E-state index contributed by atoms with van der Waals surface area (Å²) in [6, 6.07) is 6.50. The molecule has 0 radical (unpaired) electrons. The number of ether oxygens (including phenoxy) is 1. The molecular formula is C24H36FN5O2. The van der Waals surface area contributed by atoms with Crippen molar-refractivity contribution in [2.75, 3.05) is 33.2 Å². The van der Waals surface area contributed by atoms with Crippen LogP contribution < -0.4 is 15.4 Å². The number of aryl methyl sites for hydroxylation is 2. The largest absolute Gasteiger partial charge is 0.486 e. The molecule has 1 unspecified atom stereocenters. The van der Waals surface area contributed by atoms with Gasteiger partial charge in [-0.25, -0.2) is 9.37 Å². The average molecular weight is 446 g/mol. The predicted molar refractivity (Wildman–Crippen MR) is 124 cm³/mol. The van der Waals surface area contributed by atoms with E-state index in [1.165, 1.54) is 6.07 Å². The van der Waals surface area contributed by atoms with Crippen LogP contribution >= 0.6 is 0 Å². The Bertz CT molecular complexity index is 858. The predicted octanol–water partition coefficient (Wildman–Crippen LogP) is 3.67. The van der Waals surface area contributed by atoms with E-state index in [-0.39, 0.29) is 17.7 Å². The molecule has 2 heterocycles. The molecule has 0 aliphatic carbocycles. The zero-order chi connectivity index (χ0) is 22.9. The van der Waals surface area contributed by atoms with E-state index in [0.717, 1.165) is 68.7 Å². The number of oxazole rings is 1. The second-order valence-electron chi connectivity index (χ2n) is 8.38. The summed E-state index contributed by atoms with van der Waals surface area (Å²) >= 11 is 0. The first-order chi connectivity index (χ1) is 15.5. The minimum absolute atomic E-state index is 0.142. The number of hydrogen-bond acceptors (Lipinski definition) is 5. The highest BCUT2D eigenvalue weighted by Crippen LogP contribution is 2.20. The summed E-state index contributed by atoms with van der Waals surface area (Å²) in [6.07, 6.45) is 2.87. The summed E-state index contributed by atoms with van der Waals surface area (Å²) in [5.74, 6) is 2.99. The number of likely N-dealkylation sites (tertiary alicyclic amines) is 1. The standard InChI is InChI=1S/C24H36FN5O2/c1-5-20(32-22-9-7-6-8-21(22)25)15-28-24(26-4)27-14-19-10-12-30(13-11-19)16-23-29-17(2)18(3)31-23/h6-9,19-20H,5,10-16H2,1-4H3,(H2,26,27,28). The quantitative estimate of drug-likeness (QED) is 0.453. The minimum Gasteiger partial charge on any atom is -0.486 e. The van der Waals surface area contributed by atoms with E-state index in [4.69, 9.17) is 9.15 Å². The smallest absolute Gasteiger partial charge is 0.208 e. The van der Waals surface area contributed by atoms with Gasteiger partial charge >= 0.3 is 0 Å². The van der Waals surface area contributed by atoms with Gasteiger partial charge in [-0.05, 0) is 64.3 Å². The van der Waals surface area contributed by atoms with Gasteiger partial charge in [0, 0.05) is 13.6 Å². The summed E-state index contributed by atoms with van der Waals surface area (Å²) in [4.78, 5) is 11.2. The van der Waals surface area contributed by atoms with Crippen LogP contribution in [0.5, 0.6) is 5.75 Å². The van der Waals surface area contributed by atoms with Crippen molar-refractivity contribution in [2.45, 2.75) is 52.7 Å². The zero-order valence-corrected chi connectivity index (χ0v) is 19.7. The van der Waals surface area contributed by atoms with Gasteiger partial charge in [0.15, 0.2) is 17.5 Å². The molecule has 7 nitrogen and oxygen atoms in total. The molecule has 32 heavy (non-hydrogen) atoms. The van der Waals surface area contributed by atoms with Gasteiger partial charge in [0.1, 0.15) is 11.9 Å². The Morgan fingerprint density at radius 1 is 1.28 bits per heavy atom. The Morgan fingerprint density at radius 2 is 2.03 bits per heavy atom. The van der Waals surface area contributed by atoms with Crippen LogP contribution in [0.4, 0.5) is 4.39 Å². The van der Waals surface area contributed by atoms with Crippen molar-refractivity contribution in [3.8, 4) is 5.75 Å². The monoisotopic (exact) mass is 445 g/mol. The third-order valence-electron chi connectivity index (χ3n) is 6.00. The highest BCUT2D eigenvalue weighted by atomic mass is 19.1. The van der Waals surface area contributed by atoms with E-state index < -0.39 is 0 Å². The van der Waals surface area contributed by atoms with E-state index in [2.05, 4.69) is 25.5 Å². The van der Waals surface area contributed by atoms with Gasteiger partial charge in [0.2, 0.25) is 5.89 Å². The molecule has 1 aliphatic heterocycles. The SMILES string of the molecule is CCC(CNC(=NC)NCC1CCN(Cc2nc(C)c(C)o2)CC1)Oc1ccccc1F. The molecule has 1 aromatic carbocycles. The number of guanidine groups is 1. The van der Waals surface area contributed by atoms with Crippen molar-refractivity contribution in [1.29, 1.82) is 0 Å². The van der Waals surface area contributed by atoms with E-state index >= 15 is 0 Å². The van der Waals surface area contributed by atoms with Crippen LogP contribution in [0.25, 0.3) is 0 Å². The van der Waals surface area contributed by atoms with Crippen molar-refractivity contribution in [3.63, 3.8) is 0 Å². The number of piperidine rings is 1. The second kappa shape index (κ2) is 11.9. The molecule has 0 spiro atoms. The van der Waals surface area contributed by atoms with Crippen molar-refractivity contribution < 1.29 is 13.5 Å². The molecule has 0 bridgehead atoms. The fourth-order valence-corrected chi connectivity index (χ4v) is 3.81. The van der Waals surface area contributed by atoms with Crippen LogP contribution in [-0.2, 0) is 6.54 Å². The molecule has 2 aromatic rings. The molecule has 8 heteroatoms. The van der Waals surface area contributed by atoms with Crippen LogP contribution in [0, 0.1) is 25.6 Å². The lowest BCUT2D eigenvalue weighted by Crippen LogP contribution is -2.45. The van der Waals surface area contributed by atoms with Crippen LogP contribution in [-0.4, -0.2) is 55.2 Å². The maximum absolute atomic E-state index is 13.9. The molecule has 0 amide bonds. The maximum atomic E-state index is 13.9. The number of nitrogens with one attached hydrogen (secondary N) is 2. The number of aliphatic imine (C=N–C) groups is 1. The third-order valence-corrected chi connectivity index (χ3v) is 6.00. The Morgan fingerprint density at radius 3 is 2.66 bits per heavy atom. The normalized spacial score (nSPS) is 16.7.